The highest BCUT2D eigenvalue weighted by Gasteiger charge is 2.31. The summed E-state index contributed by atoms with van der Waals surface area (Å²) in [6.07, 6.45) is 1.66. The molecular formula is C20H25N3O. The number of Topliss-reactive ketones (excluding diaryl/α,β-unsaturated/α-hetero) is 1. The topological polar surface area (TPSA) is 48.1 Å². The van der Waals surface area contributed by atoms with Crippen molar-refractivity contribution in [1.82, 2.24) is 15.2 Å². The molecule has 2 aliphatic rings. The van der Waals surface area contributed by atoms with Gasteiger partial charge >= 0.3 is 0 Å². The van der Waals surface area contributed by atoms with Gasteiger partial charge in [0.1, 0.15) is 0 Å². The first-order valence-corrected chi connectivity index (χ1v) is 8.95. The minimum Gasteiger partial charge on any atom is -0.361 e. The summed E-state index contributed by atoms with van der Waals surface area (Å²) in [4.78, 5) is 18.9. The van der Waals surface area contributed by atoms with Gasteiger partial charge in [0.25, 0.3) is 0 Å². The predicted molar refractivity (Wildman–Crippen MR) is 96.4 cm³/mol. The minimum absolute atomic E-state index is 0.305. The maximum absolute atomic E-state index is 12.9. The van der Waals surface area contributed by atoms with E-state index in [1.165, 1.54) is 0 Å². The molecule has 2 aromatic rings. The average molecular weight is 323 g/mol. The number of carbonyl (C=O) groups is 1. The lowest BCUT2D eigenvalue weighted by Gasteiger charge is -2.32. The molecule has 4 rings (SSSR count). The smallest absolute Gasteiger partial charge is 0.165 e. The van der Waals surface area contributed by atoms with Crippen LogP contribution in [0.25, 0.3) is 11.1 Å². The van der Waals surface area contributed by atoms with Crippen molar-refractivity contribution in [3.63, 3.8) is 0 Å². The molecule has 24 heavy (non-hydrogen) atoms. The lowest BCUT2D eigenvalue weighted by atomic mass is 9.83. The summed E-state index contributed by atoms with van der Waals surface area (Å²) in [6.45, 7) is 7.43. The van der Waals surface area contributed by atoms with Crippen molar-refractivity contribution in [1.29, 1.82) is 0 Å². The summed E-state index contributed by atoms with van der Waals surface area (Å²) in [5.41, 5.74) is 5.44. The quantitative estimate of drug-likeness (QED) is 0.913. The van der Waals surface area contributed by atoms with Gasteiger partial charge in [0.2, 0.25) is 0 Å². The number of hydrogen-bond donors (Lipinski definition) is 2. The van der Waals surface area contributed by atoms with Gasteiger partial charge < -0.3 is 15.2 Å². The SMILES string of the molecule is Cc1[nH]c2c(c1-c1ccccc1)C(=O)CC(CN1CCNCC1)C2. The Morgan fingerprint density at radius 1 is 1.08 bits per heavy atom. The maximum atomic E-state index is 12.9. The van der Waals surface area contributed by atoms with Crippen molar-refractivity contribution in [3.8, 4) is 11.1 Å². The minimum atomic E-state index is 0.305. The average Bonchev–Trinajstić information content (AvgIpc) is 2.93. The Morgan fingerprint density at radius 3 is 2.58 bits per heavy atom. The number of benzene rings is 1. The molecule has 0 bridgehead atoms. The third kappa shape index (κ3) is 2.92. The second kappa shape index (κ2) is 6.54. The molecular weight excluding hydrogens is 298 g/mol. The number of aryl methyl sites for hydroxylation is 1. The molecule has 1 unspecified atom stereocenters. The molecule has 1 aliphatic heterocycles. The van der Waals surface area contributed by atoms with Crippen molar-refractivity contribution >= 4 is 5.78 Å². The van der Waals surface area contributed by atoms with Crippen LogP contribution in [-0.2, 0) is 6.42 Å². The Hall–Kier alpha value is -1.91. The number of aromatic amines is 1. The number of fused-ring (bicyclic) bond motifs is 1. The lowest BCUT2D eigenvalue weighted by Crippen LogP contribution is -2.46. The number of ketones is 1. The number of piperazine rings is 1. The summed E-state index contributed by atoms with van der Waals surface area (Å²) in [5.74, 6) is 0.740. The van der Waals surface area contributed by atoms with Crippen LogP contribution in [0.4, 0.5) is 0 Å². The maximum Gasteiger partial charge on any atom is 0.165 e. The van der Waals surface area contributed by atoms with E-state index in [1.807, 2.05) is 18.2 Å². The number of carbonyl (C=O) groups excluding carboxylic acids is 1. The number of hydrogen-bond acceptors (Lipinski definition) is 3. The van der Waals surface area contributed by atoms with Crippen LogP contribution in [0.15, 0.2) is 30.3 Å². The Morgan fingerprint density at radius 2 is 1.83 bits per heavy atom. The Balaban J connectivity index is 1.59. The van der Waals surface area contributed by atoms with Gasteiger partial charge in [0, 0.05) is 61.7 Å². The van der Waals surface area contributed by atoms with E-state index in [0.29, 0.717) is 18.1 Å². The first-order valence-electron chi connectivity index (χ1n) is 8.95. The van der Waals surface area contributed by atoms with Gasteiger partial charge in [-0.15, -0.1) is 0 Å². The molecule has 2 heterocycles. The normalized spacial score (nSPS) is 21.7. The van der Waals surface area contributed by atoms with Crippen molar-refractivity contribution < 1.29 is 4.79 Å². The fourth-order valence-electron chi connectivity index (χ4n) is 4.23. The molecule has 4 heteroatoms. The number of rotatable bonds is 3. The van der Waals surface area contributed by atoms with Crippen LogP contribution in [0.2, 0.25) is 0 Å². The van der Waals surface area contributed by atoms with E-state index in [2.05, 4.69) is 34.3 Å². The molecule has 1 atom stereocenters. The van der Waals surface area contributed by atoms with Crippen molar-refractivity contribution in [2.75, 3.05) is 32.7 Å². The fourth-order valence-corrected chi connectivity index (χ4v) is 4.23. The summed E-state index contributed by atoms with van der Waals surface area (Å²) >= 11 is 0. The lowest BCUT2D eigenvalue weighted by molar-refractivity contribution is 0.0927. The molecule has 0 spiro atoms. The molecule has 1 aliphatic carbocycles. The van der Waals surface area contributed by atoms with Crippen LogP contribution in [0.3, 0.4) is 0 Å². The number of nitrogens with zero attached hydrogens (tertiary/aromatic N) is 1. The van der Waals surface area contributed by atoms with E-state index in [1.54, 1.807) is 0 Å². The Bertz CT molecular complexity index is 729. The largest absolute Gasteiger partial charge is 0.361 e. The van der Waals surface area contributed by atoms with E-state index in [9.17, 15) is 4.79 Å². The predicted octanol–water partition coefficient (Wildman–Crippen LogP) is 2.64. The second-order valence-electron chi connectivity index (χ2n) is 7.09. The molecule has 0 saturated carbocycles. The van der Waals surface area contributed by atoms with Gasteiger partial charge in [-0.1, -0.05) is 30.3 Å². The van der Waals surface area contributed by atoms with Crippen LogP contribution >= 0.6 is 0 Å². The molecule has 1 aromatic heterocycles. The third-order valence-electron chi connectivity index (χ3n) is 5.30. The van der Waals surface area contributed by atoms with Gasteiger partial charge in [0.15, 0.2) is 5.78 Å². The van der Waals surface area contributed by atoms with Gasteiger partial charge in [0.05, 0.1) is 0 Å². The summed E-state index contributed by atoms with van der Waals surface area (Å²) < 4.78 is 0. The molecule has 0 radical (unpaired) electrons. The molecule has 4 nitrogen and oxygen atoms in total. The summed E-state index contributed by atoms with van der Waals surface area (Å²) in [5, 5.41) is 3.39. The number of H-pyrrole nitrogens is 1. The summed E-state index contributed by atoms with van der Waals surface area (Å²) in [6, 6.07) is 10.3. The number of nitrogens with one attached hydrogen (secondary N) is 2. The van der Waals surface area contributed by atoms with Crippen LogP contribution < -0.4 is 5.32 Å². The summed E-state index contributed by atoms with van der Waals surface area (Å²) in [7, 11) is 0. The van der Waals surface area contributed by atoms with Crippen molar-refractivity contribution in [3.05, 3.63) is 47.3 Å². The van der Waals surface area contributed by atoms with Crippen LogP contribution in [0, 0.1) is 12.8 Å². The fraction of sp³-hybridized carbons (Fsp3) is 0.450. The standard InChI is InChI=1S/C20H25N3O/c1-14-19(16-5-3-2-4-6-16)20-17(22-14)11-15(12-18(20)24)13-23-9-7-21-8-10-23/h2-6,15,21-22H,7-13H2,1H3. The van der Waals surface area contributed by atoms with Gasteiger partial charge in [-0.05, 0) is 24.8 Å². The van der Waals surface area contributed by atoms with Crippen LogP contribution in [-0.4, -0.2) is 48.4 Å². The first kappa shape index (κ1) is 15.6. The van der Waals surface area contributed by atoms with Gasteiger partial charge in [-0.2, -0.15) is 0 Å². The van der Waals surface area contributed by atoms with E-state index in [-0.39, 0.29) is 0 Å². The molecule has 2 N–H and O–H groups in total. The van der Waals surface area contributed by atoms with Crippen LogP contribution in [0.5, 0.6) is 0 Å². The molecule has 1 aromatic carbocycles. The second-order valence-corrected chi connectivity index (χ2v) is 7.09. The van der Waals surface area contributed by atoms with E-state index >= 15 is 0 Å². The zero-order valence-corrected chi connectivity index (χ0v) is 14.3. The first-order chi connectivity index (χ1) is 11.7. The van der Waals surface area contributed by atoms with Crippen molar-refractivity contribution in [2.45, 2.75) is 19.8 Å². The van der Waals surface area contributed by atoms with Gasteiger partial charge in [-0.25, -0.2) is 0 Å². The highest BCUT2D eigenvalue weighted by Crippen LogP contribution is 2.36. The number of aromatic nitrogens is 1. The van der Waals surface area contributed by atoms with E-state index < -0.39 is 0 Å². The highest BCUT2D eigenvalue weighted by molar-refractivity contribution is 6.05. The van der Waals surface area contributed by atoms with Gasteiger partial charge in [-0.3, -0.25) is 4.79 Å². The van der Waals surface area contributed by atoms with E-state index in [4.69, 9.17) is 0 Å². The Labute approximate surface area is 143 Å². The Kier molecular flexibility index (Phi) is 4.25. The van der Waals surface area contributed by atoms with E-state index in [0.717, 1.165) is 67.2 Å². The third-order valence-corrected chi connectivity index (χ3v) is 5.30. The molecule has 1 fully saturated rings. The molecule has 126 valence electrons. The van der Waals surface area contributed by atoms with Crippen molar-refractivity contribution in [2.24, 2.45) is 5.92 Å². The molecule has 0 amide bonds. The zero-order valence-electron chi connectivity index (χ0n) is 14.3. The molecule has 1 saturated heterocycles. The monoisotopic (exact) mass is 323 g/mol. The van der Waals surface area contributed by atoms with Crippen LogP contribution in [0.1, 0.15) is 28.2 Å². The zero-order chi connectivity index (χ0) is 16.5. The highest BCUT2D eigenvalue weighted by atomic mass is 16.1.